The van der Waals surface area contributed by atoms with E-state index in [0.29, 0.717) is 28.1 Å². The lowest BCUT2D eigenvalue weighted by atomic mass is 9.58. The molecule has 0 bridgehead atoms. The van der Waals surface area contributed by atoms with E-state index in [1.54, 1.807) is 58.3 Å². The summed E-state index contributed by atoms with van der Waals surface area (Å²) in [7, 11) is -0.821. The molecule has 14 nitrogen and oxygen atoms in total. The molecular formula is C32H33N5O9S. The zero-order valence-electron chi connectivity index (χ0n) is 25.8. The van der Waals surface area contributed by atoms with Crippen molar-refractivity contribution in [2.24, 2.45) is 17.6 Å². The molecule has 2 aromatic carbocycles. The molecule has 0 aliphatic heterocycles. The van der Waals surface area contributed by atoms with Crippen LogP contribution in [0.3, 0.4) is 0 Å². The Balaban J connectivity index is 1.41. The number of amides is 1. The van der Waals surface area contributed by atoms with Crippen molar-refractivity contribution < 1.29 is 43.2 Å². The van der Waals surface area contributed by atoms with Crippen LogP contribution in [0.1, 0.15) is 33.7 Å². The Morgan fingerprint density at radius 2 is 1.74 bits per heavy atom. The van der Waals surface area contributed by atoms with Gasteiger partial charge in [0.25, 0.3) is 15.9 Å². The van der Waals surface area contributed by atoms with Crippen LogP contribution in [0, 0.1) is 25.7 Å². The number of nitrogens with two attached hydrogens (primary N) is 1. The molecule has 0 saturated heterocycles. The quantitative estimate of drug-likeness (QED) is 0.188. The van der Waals surface area contributed by atoms with E-state index < -0.39 is 68.1 Å². The van der Waals surface area contributed by atoms with Crippen molar-refractivity contribution in [1.29, 1.82) is 0 Å². The van der Waals surface area contributed by atoms with Crippen molar-refractivity contribution in [3.63, 3.8) is 0 Å². The number of aromatic amines is 1. The molecule has 1 heterocycles. The molecule has 246 valence electrons. The highest BCUT2D eigenvalue weighted by Gasteiger charge is 2.63. The van der Waals surface area contributed by atoms with Crippen molar-refractivity contribution in [2.75, 3.05) is 18.8 Å². The summed E-state index contributed by atoms with van der Waals surface area (Å²) < 4.78 is 28.6. The molecule has 0 spiro atoms. The number of anilines is 1. The number of H-pyrrole nitrogens is 1. The number of benzene rings is 2. The highest BCUT2D eigenvalue weighted by molar-refractivity contribution is 7.92. The van der Waals surface area contributed by atoms with Crippen LogP contribution in [0.4, 0.5) is 5.69 Å². The molecule has 4 atom stereocenters. The van der Waals surface area contributed by atoms with Crippen LogP contribution >= 0.6 is 0 Å². The number of aromatic hydroxyl groups is 1. The number of carbonyl (C=O) groups is 3. The summed E-state index contributed by atoms with van der Waals surface area (Å²) in [5.41, 5.74) is 3.99. The van der Waals surface area contributed by atoms with E-state index in [2.05, 4.69) is 14.9 Å². The molecule has 0 radical (unpaired) electrons. The van der Waals surface area contributed by atoms with Crippen molar-refractivity contribution in [3.8, 4) is 16.9 Å². The summed E-state index contributed by atoms with van der Waals surface area (Å²) in [6.07, 6.45) is 0.0557. The Bertz CT molecular complexity index is 2040. The molecule has 0 saturated carbocycles. The summed E-state index contributed by atoms with van der Waals surface area (Å²) in [6.45, 7) is 3.18. The number of fused-ring (bicyclic) bond motifs is 3. The molecule has 47 heavy (non-hydrogen) atoms. The highest BCUT2D eigenvalue weighted by atomic mass is 32.2. The van der Waals surface area contributed by atoms with Crippen LogP contribution in [0.2, 0.25) is 0 Å². The third kappa shape index (κ3) is 4.64. The predicted octanol–water partition coefficient (Wildman–Crippen LogP) is 1.93. The number of phenols is 1. The van der Waals surface area contributed by atoms with E-state index in [-0.39, 0.29) is 40.3 Å². The minimum absolute atomic E-state index is 0.0463. The average Bonchev–Trinajstić information content (AvgIpc) is 3.33. The first-order chi connectivity index (χ1) is 22.0. The number of aromatic nitrogens is 2. The van der Waals surface area contributed by atoms with Gasteiger partial charge in [0.1, 0.15) is 27.7 Å². The molecule has 3 aliphatic rings. The van der Waals surface area contributed by atoms with Crippen molar-refractivity contribution in [2.45, 2.75) is 43.2 Å². The van der Waals surface area contributed by atoms with Crippen molar-refractivity contribution in [3.05, 3.63) is 81.6 Å². The van der Waals surface area contributed by atoms with Crippen LogP contribution < -0.4 is 10.5 Å². The van der Waals surface area contributed by atoms with Crippen molar-refractivity contribution >= 4 is 33.2 Å². The van der Waals surface area contributed by atoms with Gasteiger partial charge in [-0.1, -0.05) is 18.2 Å². The van der Waals surface area contributed by atoms with Gasteiger partial charge in [0.2, 0.25) is 5.78 Å². The molecule has 1 aromatic heterocycles. The maximum atomic E-state index is 14.0. The van der Waals surface area contributed by atoms with E-state index in [4.69, 9.17) is 5.73 Å². The van der Waals surface area contributed by atoms with Gasteiger partial charge >= 0.3 is 0 Å². The summed E-state index contributed by atoms with van der Waals surface area (Å²) in [5, 5.41) is 51.7. The second-order valence-electron chi connectivity index (χ2n) is 12.4. The lowest BCUT2D eigenvalue weighted by Gasteiger charge is -2.50. The monoisotopic (exact) mass is 663 g/mol. The first kappa shape index (κ1) is 32.0. The van der Waals surface area contributed by atoms with Gasteiger partial charge in [-0.05, 0) is 81.6 Å². The number of sulfonamides is 1. The third-order valence-corrected chi connectivity index (χ3v) is 11.0. The largest absolute Gasteiger partial charge is 0.510 e. The molecule has 1 amide bonds. The fourth-order valence-corrected chi connectivity index (χ4v) is 8.81. The Labute approximate surface area is 269 Å². The normalized spacial score (nSPS) is 24.3. The van der Waals surface area contributed by atoms with Crippen LogP contribution in [0.15, 0.2) is 64.0 Å². The van der Waals surface area contributed by atoms with Crippen LogP contribution in [0.25, 0.3) is 11.1 Å². The number of hydrogen-bond acceptors (Lipinski definition) is 11. The molecule has 8 N–H and O–H groups in total. The maximum absolute atomic E-state index is 14.0. The number of carbonyl (C=O) groups excluding carboxylic acids is 3. The number of rotatable bonds is 6. The smallest absolute Gasteiger partial charge is 0.265 e. The lowest BCUT2D eigenvalue weighted by Crippen LogP contribution is -2.63. The van der Waals surface area contributed by atoms with E-state index in [9.17, 15) is 43.2 Å². The first-order valence-corrected chi connectivity index (χ1v) is 16.1. The maximum Gasteiger partial charge on any atom is 0.265 e. The minimum atomic E-state index is -3.94. The van der Waals surface area contributed by atoms with Gasteiger partial charge in [-0.15, -0.1) is 0 Å². The Morgan fingerprint density at radius 3 is 2.32 bits per heavy atom. The number of allylic oxidation sites excluding steroid dienone is 1. The standard InChI is InChI=1S/C32H33N5O9S/c1-13-28(14(2)35-34-13)47(45,46)36-17-7-5-15(6-8-17)18-9-10-21(38)23-19(18)11-16-12-20-25(37(3)4)27(40)24(31(33)43)30(42)32(20,44)29(41)22(16)26(23)39/h5-10,16,20,25,36,38,40-41,44H,11-12H2,1-4H3,(H2,33,43)(H,34,35). The number of nitrogens with zero attached hydrogens (tertiary/aromatic N) is 2. The molecule has 15 heteroatoms. The second kappa shape index (κ2) is 10.8. The van der Waals surface area contributed by atoms with Crippen LogP contribution in [0.5, 0.6) is 5.75 Å². The first-order valence-electron chi connectivity index (χ1n) is 14.6. The fourth-order valence-electron chi connectivity index (χ4n) is 7.38. The number of nitrogens with one attached hydrogen (secondary N) is 2. The van der Waals surface area contributed by atoms with Gasteiger partial charge in [0.15, 0.2) is 11.4 Å². The van der Waals surface area contributed by atoms with Crippen LogP contribution in [-0.4, -0.2) is 87.2 Å². The number of ketones is 2. The van der Waals surface area contributed by atoms with Gasteiger partial charge in [-0.25, -0.2) is 8.42 Å². The number of likely N-dealkylation sites (N-methyl/N-ethyl adjacent to an activating group) is 1. The fraction of sp³-hybridized carbons (Fsp3) is 0.312. The summed E-state index contributed by atoms with van der Waals surface area (Å²) >= 11 is 0. The number of primary amides is 1. The molecule has 0 fully saturated rings. The minimum Gasteiger partial charge on any atom is -0.510 e. The number of aryl methyl sites for hydroxylation is 2. The molecule has 3 aromatic rings. The van der Waals surface area contributed by atoms with Gasteiger partial charge in [0, 0.05) is 17.2 Å². The molecular weight excluding hydrogens is 630 g/mol. The summed E-state index contributed by atoms with van der Waals surface area (Å²) in [4.78, 5) is 41.2. The topological polar surface area (TPSA) is 236 Å². The molecule has 6 rings (SSSR count). The number of Topliss-reactive ketones (excluding diaryl/α,β-unsaturated/α-hetero) is 2. The average molecular weight is 664 g/mol. The van der Waals surface area contributed by atoms with Gasteiger partial charge in [-0.3, -0.25) is 29.1 Å². The Morgan fingerprint density at radius 1 is 1.09 bits per heavy atom. The van der Waals surface area contributed by atoms with Crippen molar-refractivity contribution in [1.82, 2.24) is 15.1 Å². The van der Waals surface area contributed by atoms with Gasteiger partial charge in [-0.2, -0.15) is 5.10 Å². The second-order valence-corrected chi connectivity index (χ2v) is 14.0. The van der Waals surface area contributed by atoms with E-state index in [0.717, 1.165) is 0 Å². The molecule has 3 aliphatic carbocycles. The zero-order valence-corrected chi connectivity index (χ0v) is 26.6. The number of aliphatic hydroxyl groups is 3. The third-order valence-electron chi connectivity index (χ3n) is 9.38. The summed E-state index contributed by atoms with van der Waals surface area (Å²) in [6, 6.07) is 8.25. The number of aliphatic hydroxyl groups excluding tert-OH is 2. The summed E-state index contributed by atoms with van der Waals surface area (Å²) in [5.74, 6) is -7.26. The zero-order chi connectivity index (χ0) is 34.3. The molecule has 4 unspecified atom stereocenters. The number of phenolic OH excluding ortho intramolecular Hbond substituents is 1. The van der Waals surface area contributed by atoms with E-state index >= 15 is 0 Å². The lowest BCUT2D eigenvalue weighted by molar-refractivity contribution is -0.148. The van der Waals surface area contributed by atoms with Gasteiger partial charge in [0.05, 0.1) is 23.0 Å². The van der Waals surface area contributed by atoms with E-state index in [1.807, 2.05) is 0 Å². The number of hydrogen-bond donors (Lipinski definition) is 7. The Hall–Kier alpha value is -4.99. The van der Waals surface area contributed by atoms with Crippen LogP contribution in [-0.2, 0) is 26.0 Å². The highest BCUT2D eigenvalue weighted by Crippen LogP contribution is 2.53. The Kier molecular flexibility index (Phi) is 7.34. The predicted molar refractivity (Wildman–Crippen MR) is 168 cm³/mol. The van der Waals surface area contributed by atoms with E-state index in [1.165, 1.54) is 11.0 Å². The van der Waals surface area contributed by atoms with Gasteiger partial charge < -0.3 is 26.2 Å². The SMILES string of the molecule is Cc1n[nH]c(C)c1S(=O)(=O)Nc1ccc(-c2ccc(O)c3c2CC2CC4C(N(C)C)C(O)=C(C(N)=O)C(=O)C4(O)C(O)=C2C3=O)cc1.